The van der Waals surface area contributed by atoms with Crippen molar-refractivity contribution in [1.29, 1.82) is 0 Å². The molecule has 4 N–H and O–H groups in total. The van der Waals surface area contributed by atoms with E-state index in [1.165, 1.54) is 0 Å². The minimum atomic E-state index is -5.08. The number of ether oxygens (including phenoxy) is 4. The lowest BCUT2D eigenvalue weighted by atomic mass is 10.1. The number of aromatic amines is 1. The van der Waals surface area contributed by atoms with Crippen molar-refractivity contribution in [3.63, 3.8) is 0 Å². The van der Waals surface area contributed by atoms with Gasteiger partial charge >= 0.3 is 12.1 Å². The molecule has 0 aliphatic carbocycles. The number of carboxylic acids is 1. The third-order valence-electron chi connectivity index (χ3n) is 6.94. The van der Waals surface area contributed by atoms with Crippen molar-refractivity contribution in [2.45, 2.75) is 42.8 Å². The van der Waals surface area contributed by atoms with Gasteiger partial charge in [0.05, 0.1) is 35.6 Å². The summed E-state index contributed by atoms with van der Waals surface area (Å²) < 4.78 is 54.2. The Labute approximate surface area is 235 Å². The zero-order valence-corrected chi connectivity index (χ0v) is 22.2. The van der Waals surface area contributed by atoms with E-state index in [0.717, 1.165) is 11.3 Å². The predicted octanol–water partition coefficient (Wildman–Crippen LogP) is 2.01. The van der Waals surface area contributed by atoms with Crippen LogP contribution >= 0.6 is 11.6 Å². The molecule has 0 spiro atoms. The van der Waals surface area contributed by atoms with Crippen molar-refractivity contribution >= 4 is 34.4 Å². The number of pyridine rings is 1. The van der Waals surface area contributed by atoms with Crippen LogP contribution in [-0.4, -0.2) is 112 Å². The van der Waals surface area contributed by atoms with Crippen LogP contribution in [0, 0.1) is 0 Å². The molecule has 6 rings (SSSR count). The first-order valence-electron chi connectivity index (χ1n) is 12.4. The number of carbonyl (C=O) groups is 1. The summed E-state index contributed by atoms with van der Waals surface area (Å²) in [7, 11) is 1.61. The Kier molecular flexibility index (Phi) is 8.27. The molecule has 222 valence electrons. The predicted molar refractivity (Wildman–Crippen MR) is 137 cm³/mol. The Bertz CT molecular complexity index is 1390. The van der Waals surface area contributed by atoms with Gasteiger partial charge in [-0.3, -0.25) is 0 Å². The molecule has 41 heavy (non-hydrogen) atoms. The van der Waals surface area contributed by atoms with Crippen molar-refractivity contribution in [3.05, 3.63) is 35.4 Å². The number of halogens is 4. The molecule has 0 amide bonds. The standard InChI is InChI=1S/C23H25ClN4O6.C2HF3O2/c1-31-17-8-28(7-15(17)29)12-4-2-11(3-5-12)19-13(24)6-14-22(26-19)27-23(25-14)34-18-10-33-20-16(30)9-32-21(18)20;3-2(4,5)1(6)7/h2-6,15-18,20-21,29-30H,7-10H2,1H3,(H,25,26,27);(H,6,7)/t15-,16+,17-,18+,20+,21+;/m0./s1. The zero-order chi connectivity index (χ0) is 29.5. The summed E-state index contributed by atoms with van der Waals surface area (Å²) in [5.41, 5.74) is 3.59. The number of nitrogens with zero attached hydrogens (tertiary/aromatic N) is 3. The monoisotopic (exact) mass is 602 g/mol. The number of alkyl halides is 3. The van der Waals surface area contributed by atoms with Gasteiger partial charge in [0.2, 0.25) is 0 Å². The van der Waals surface area contributed by atoms with E-state index in [1.54, 1.807) is 13.2 Å². The molecule has 5 heterocycles. The van der Waals surface area contributed by atoms with Crippen LogP contribution in [0.4, 0.5) is 18.9 Å². The second-order valence-corrected chi connectivity index (χ2v) is 10.1. The molecule has 0 bridgehead atoms. The Balaban J connectivity index is 0.000000431. The Morgan fingerprint density at radius 1 is 1.07 bits per heavy atom. The SMILES string of the molecule is CO[C@H]1CN(c2ccc(-c3nc4nc(O[C@@H]5CO[C@H]6[C@@H]5OC[C@H]6O)[nH]c4cc3Cl)cc2)C[C@@H]1O.O=C(O)C(F)(F)F. The van der Waals surface area contributed by atoms with Crippen LogP contribution in [0.25, 0.3) is 22.4 Å². The van der Waals surface area contributed by atoms with Gasteiger partial charge in [-0.05, 0) is 18.2 Å². The molecule has 0 unspecified atom stereocenters. The lowest BCUT2D eigenvalue weighted by Gasteiger charge is -2.18. The number of carboxylic acid groups (broad SMARTS) is 1. The van der Waals surface area contributed by atoms with Gasteiger partial charge in [-0.2, -0.15) is 18.2 Å². The number of H-pyrrole nitrogens is 1. The van der Waals surface area contributed by atoms with Crippen LogP contribution in [0.1, 0.15) is 0 Å². The van der Waals surface area contributed by atoms with Gasteiger partial charge in [-0.1, -0.05) is 23.7 Å². The highest BCUT2D eigenvalue weighted by molar-refractivity contribution is 6.33. The summed E-state index contributed by atoms with van der Waals surface area (Å²) in [6.07, 6.45) is -7.49. The van der Waals surface area contributed by atoms with Crippen molar-refractivity contribution < 1.29 is 52.2 Å². The molecule has 3 fully saturated rings. The van der Waals surface area contributed by atoms with Crippen LogP contribution in [0.15, 0.2) is 30.3 Å². The molecule has 16 heteroatoms. The molecule has 12 nitrogen and oxygen atoms in total. The summed E-state index contributed by atoms with van der Waals surface area (Å²) in [5.74, 6) is -2.76. The minimum absolute atomic E-state index is 0.193. The number of hydrogen-bond donors (Lipinski definition) is 4. The van der Waals surface area contributed by atoms with Crippen molar-refractivity contribution in [3.8, 4) is 17.3 Å². The molecule has 3 saturated heterocycles. The summed E-state index contributed by atoms with van der Waals surface area (Å²) in [6, 6.07) is 9.93. The van der Waals surface area contributed by atoms with E-state index in [-0.39, 0.29) is 31.0 Å². The van der Waals surface area contributed by atoms with Gasteiger partial charge in [0.25, 0.3) is 6.01 Å². The second kappa shape index (κ2) is 11.6. The molecule has 3 aliphatic rings. The zero-order valence-electron chi connectivity index (χ0n) is 21.4. The number of anilines is 1. The highest BCUT2D eigenvalue weighted by Gasteiger charge is 2.48. The second-order valence-electron chi connectivity index (χ2n) is 9.65. The third kappa shape index (κ3) is 6.19. The van der Waals surface area contributed by atoms with Crippen LogP contribution in [-0.2, 0) is 19.0 Å². The Morgan fingerprint density at radius 2 is 1.76 bits per heavy atom. The summed E-state index contributed by atoms with van der Waals surface area (Å²) in [4.78, 5) is 23.2. The quantitative estimate of drug-likeness (QED) is 0.338. The van der Waals surface area contributed by atoms with Crippen LogP contribution in [0.5, 0.6) is 6.01 Å². The van der Waals surface area contributed by atoms with E-state index in [4.69, 9.17) is 40.4 Å². The molecule has 0 radical (unpaired) electrons. The number of rotatable bonds is 5. The maximum absolute atomic E-state index is 10.6. The van der Waals surface area contributed by atoms with Crippen LogP contribution in [0.3, 0.4) is 0 Å². The fourth-order valence-corrected chi connectivity index (χ4v) is 5.13. The first kappa shape index (κ1) is 29.3. The first-order valence-corrected chi connectivity index (χ1v) is 12.8. The van der Waals surface area contributed by atoms with Crippen LogP contribution in [0.2, 0.25) is 5.02 Å². The highest BCUT2D eigenvalue weighted by Crippen LogP contribution is 2.33. The number of β-amino-alcohol motifs (C(OH)–C–C–N with tert-alkyl or cyclic N) is 1. The van der Waals surface area contributed by atoms with E-state index in [1.807, 2.05) is 24.3 Å². The topological polar surface area (TPSA) is 159 Å². The van der Waals surface area contributed by atoms with Gasteiger partial charge in [0.15, 0.2) is 11.8 Å². The Morgan fingerprint density at radius 3 is 2.39 bits per heavy atom. The number of nitrogens with one attached hydrogen (secondary N) is 1. The number of benzene rings is 1. The Hall–Kier alpha value is -3.21. The lowest BCUT2D eigenvalue weighted by Crippen LogP contribution is -2.34. The van der Waals surface area contributed by atoms with Crippen LogP contribution < -0.4 is 9.64 Å². The number of aliphatic hydroxyl groups excluding tert-OH is 2. The molecule has 6 atom stereocenters. The number of imidazole rings is 1. The third-order valence-corrected chi connectivity index (χ3v) is 7.23. The molecule has 3 aliphatic heterocycles. The smallest absolute Gasteiger partial charge is 0.475 e. The number of hydrogen-bond acceptors (Lipinski definition) is 10. The number of methoxy groups -OCH3 is 1. The largest absolute Gasteiger partial charge is 0.490 e. The maximum atomic E-state index is 10.6. The molecular weight excluding hydrogens is 577 g/mol. The lowest BCUT2D eigenvalue weighted by molar-refractivity contribution is -0.192. The normalized spacial score (nSPS) is 27.5. The van der Waals surface area contributed by atoms with E-state index in [2.05, 4.69) is 19.9 Å². The fourth-order valence-electron chi connectivity index (χ4n) is 4.87. The van der Waals surface area contributed by atoms with Gasteiger partial charge in [-0.15, -0.1) is 0 Å². The van der Waals surface area contributed by atoms with Gasteiger partial charge < -0.3 is 44.2 Å². The van der Waals surface area contributed by atoms with Crippen molar-refractivity contribution in [2.75, 3.05) is 38.3 Å². The van der Waals surface area contributed by atoms with E-state index in [9.17, 15) is 23.4 Å². The van der Waals surface area contributed by atoms with Gasteiger partial charge in [-0.25, -0.2) is 9.78 Å². The molecule has 1 aromatic carbocycles. The van der Waals surface area contributed by atoms with E-state index >= 15 is 0 Å². The minimum Gasteiger partial charge on any atom is -0.475 e. The summed E-state index contributed by atoms with van der Waals surface area (Å²) >= 11 is 6.55. The number of fused-ring (bicyclic) bond motifs is 2. The first-order chi connectivity index (χ1) is 19.4. The van der Waals surface area contributed by atoms with E-state index in [0.29, 0.717) is 47.6 Å². The molecular formula is C25H26ClF3N4O8. The summed E-state index contributed by atoms with van der Waals surface area (Å²) in [6.45, 7) is 1.71. The molecule has 3 aromatic rings. The highest BCUT2D eigenvalue weighted by atomic mass is 35.5. The van der Waals surface area contributed by atoms with E-state index < -0.39 is 24.4 Å². The average molecular weight is 603 g/mol. The van der Waals surface area contributed by atoms with Crippen molar-refractivity contribution in [1.82, 2.24) is 15.0 Å². The van der Waals surface area contributed by atoms with Gasteiger partial charge in [0, 0.05) is 31.5 Å². The number of aliphatic hydroxyl groups is 2. The summed E-state index contributed by atoms with van der Waals surface area (Å²) in [5, 5.41) is 27.6. The van der Waals surface area contributed by atoms with Crippen molar-refractivity contribution in [2.24, 2.45) is 0 Å². The number of aromatic nitrogens is 3. The maximum Gasteiger partial charge on any atom is 0.490 e. The molecule has 2 aromatic heterocycles. The average Bonchev–Trinajstić information content (AvgIpc) is 3.69. The fraction of sp³-hybridized carbons (Fsp3) is 0.480. The number of aliphatic carboxylic acids is 1. The van der Waals surface area contributed by atoms with Gasteiger partial charge in [0.1, 0.15) is 24.4 Å². The molecule has 0 saturated carbocycles.